The predicted molar refractivity (Wildman–Crippen MR) is 130 cm³/mol. The SMILES string of the molecule is Fc1ccc(C(c2ccc(F)cc2)N2CCN(C(=S)NCCCN3CCOCC3)CC2)cc1. The highest BCUT2D eigenvalue weighted by molar-refractivity contribution is 7.80. The molecule has 5 nitrogen and oxygen atoms in total. The van der Waals surface area contributed by atoms with E-state index in [1.165, 1.54) is 24.3 Å². The molecular formula is C25H32F2N4OS. The number of benzene rings is 2. The van der Waals surface area contributed by atoms with Crippen LogP contribution >= 0.6 is 12.2 Å². The summed E-state index contributed by atoms with van der Waals surface area (Å²) < 4.78 is 32.4. The van der Waals surface area contributed by atoms with Crippen molar-refractivity contribution in [1.82, 2.24) is 20.0 Å². The van der Waals surface area contributed by atoms with E-state index in [4.69, 9.17) is 17.0 Å². The van der Waals surface area contributed by atoms with Gasteiger partial charge >= 0.3 is 0 Å². The third-order valence-corrected chi connectivity index (χ3v) is 6.77. The van der Waals surface area contributed by atoms with E-state index in [1.807, 2.05) is 24.3 Å². The van der Waals surface area contributed by atoms with Gasteiger partial charge in [-0.15, -0.1) is 0 Å². The van der Waals surface area contributed by atoms with Crippen LogP contribution in [0.3, 0.4) is 0 Å². The monoisotopic (exact) mass is 474 g/mol. The molecule has 0 amide bonds. The Morgan fingerprint density at radius 1 is 0.848 bits per heavy atom. The zero-order chi connectivity index (χ0) is 23.0. The normalized spacial score (nSPS) is 18.0. The van der Waals surface area contributed by atoms with Gasteiger partial charge in [-0.3, -0.25) is 9.80 Å². The number of hydrogen-bond acceptors (Lipinski definition) is 4. The molecule has 0 spiro atoms. The minimum absolute atomic E-state index is 0.0524. The number of thiocarbonyl (C=S) groups is 1. The molecule has 2 fully saturated rings. The smallest absolute Gasteiger partial charge is 0.169 e. The van der Waals surface area contributed by atoms with Crippen molar-refractivity contribution in [2.45, 2.75) is 12.5 Å². The average Bonchev–Trinajstić information content (AvgIpc) is 2.85. The van der Waals surface area contributed by atoms with Crippen LogP contribution in [-0.2, 0) is 4.74 Å². The zero-order valence-corrected chi connectivity index (χ0v) is 19.7. The third kappa shape index (κ3) is 6.69. The van der Waals surface area contributed by atoms with Crippen LogP contribution in [0.25, 0.3) is 0 Å². The van der Waals surface area contributed by atoms with E-state index in [9.17, 15) is 8.78 Å². The number of nitrogens with one attached hydrogen (secondary N) is 1. The van der Waals surface area contributed by atoms with Gasteiger partial charge in [-0.05, 0) is 60.6 Å². The Morgan fingerprint density at radius 3 is 1.94 bits per heavy atom. The number of hydrogen-bond donors (Lipinski definition) is 1. The summed E-state index contributed by atoms with van der Waals surface area (Å²) >= 11 is 5.64. The second-order valence-corrected chi connectivity index (χ2v) is 8.95. The first-order valence-electron chi connectivity index (χ1n) is 11.7. The van der Waals surface area contributed by atoms with Crippen molar-refractivity contribution in [3.63, 3.8) is 0 Å². The summed E-state index contributed by atoms with van der Waals surface area (Å²) in [6.45, 7) is 8.85. The van der Waals surface area contributed by atoms with Crippen molar-refractivity contribution in [2.24, 2.45) is 0 Å². The maximum atomic E-state index is 13.5. The van der Waals surface area contributed by atoms with Gasteiger partial charge in [0.15, 0.2) is 5.11 Å². The number of halogens is 2. The summed E-state index contributed by atoms with van der Waals surface area (Å²) in [5, 5.41) is 4.21. The van der Waals surface area contributed by atoms with E-state index >= 15 is 0 Å². The van der Waals surface area contributed by atoms with Crippen LogP contribution in [0.2, 0.25) is 0 Å². The number of morpholine rings is 1. The van der Waals surface area contributed by atoms with Crippen LogP contribution in [0.5, 0.6) is 0 Å². The van der Waals surface area contributed by atoms with Gasteiger partial charge in [0.1, 0.15) is 11.6 Å². The minimum Gasteiger partial charge on any atom is -0.379 e. The summed E-state index contributed by atoms with van der Waals surface area (Å²) in [5.41, 5.74) is 2.00. The Balaban J connectivity index is 1.30. The maximum absolute atomic E-state index is 13.5. The topological polar surface area (TPSA) is 31.0 Å². The first kappa shape index (κ1) is 24.0. The van der Waals surface area contributed by atoms with Crippen molar-refractivity contribution >= 4 is 17.3 Å². The predicted octanol–water partition coefficient (Wildman–Crippen LogP) is 3.27. The van der Waals surface area contributed by atoms with Crippen molar-refractivity contribution in [3.8, 4) is 0 Å². The highest BCUT2D eigenvalue weighted by atomic mass is 32.1. The van der Waals surface area contributed by atoms with Crippen molar-refractivity contribution in [1.29, 1.82) is 0 Å². The molecule has 8 heteroatoms. The minimum atomic E-state index is -0.258. The molecule has 0 aliphatic carbocycles. The van der Waals surface area contributed by atoms with E-state index in [2.05, 4.69) is 20.0 Å². The molecule has 2 heterocycles. The van der Waals surface area contributed by atoms with Crippen molar-refractivity contribution in [3.05, 3.63) is 71.3 Å². The number of ether oxygens (including phenoxy) is 1. The van der Waals surface area contributed by atoms with E-state index in [0.29, 0.717) is 0 Å². The Kier molecular flexibility index (Phi) is 8.61. The molecular weight excluding hydrogens is 442 g/mol. The number of piperazine rings is 1. The fraction of sp³-hybridized carbons (Fsp3) is 0.480. The van der Waals surface area contributed by atoms with Crippen LogP contribution in [0.1, 0.15) is 23.6 Å². The highest BCUT2D eigenvalue weighted by Crippen LogP contribution is 2.30. The molecule has 0 aromatic heterocycles. The zero-order valence-electron chi connectivity index (χ0n) is 18.9. The second-order valence-electron chi connectivity index (χ2n) is 8.57. The van der Waals surface area contributed by atoms with Crippen LogP contribution in [0, 0.1) is 11.6 Å². The summed E-state index contributed by atoms with van der Waals surface area (Å²) in [6, 6.07) is 13.1. The lowest BCUT2D eigenvalue weighted by molar-refractivity contribution is 0.0375. The third-order valence-electron chi connectivity index (χ3n) is 6.37. The molecule has 2 aliphatic heterocycles. The molecule has 0 atom stereocenters. The summed E-state index contributed by atoms with van der Waals surface area (Å²) in [7, 11) is 0. The lowest BCUT2D eigenvalue weighted by atomic mass is 9.96. The number of nitrogens with zero attached hydrogens (tertiary/aromatic N) is 3. The molecule has 0 bridgehead atoms. The molecule has 178 valence electrons. The average molecular weight is 475 g/mol. The molecule has 2 aliphatic rings. The summed E-state index contributed by atoms with van der Waals surface area (Å²) in [4.78, 5) is 7.00. The van der Waals surface area contributed by atoms with Gasteiger partial charge in [0.25, 0.3) is 0 Å². The fourth-order valence-electron chi connectivity index (χ4n) is 4.52. The van der Waals surface area contributed by atoms with Crippen LogP contribution in [0.15, 0.2) is 48.5 Å². The first-order chi connectivity index (χ1) is 16.1. The van der Waals surface area contributed by atoms with Crippen molar-refractivity contribution in [2.75, 3.05) is 65.6 Å². The standard InChI is InChI=1S/C25H32F2N4OS/c26-22-6-2-20(3-7-22)24(21-4-8-23(27)9-5-21)30-12-14-31(15-13-30)25(33)28-10-1-11-29-16-18-32-19-17-29/h2-9,24H,1,10-19H2,(H,28,33). The lowest BCUT2D eigenvalue weighted by Gasteiger charge is -2.40. The fourth-order valence-corrected chi connectivity index (χ4v) is 4.81. The molecule has 0 radical (unpaired) electrons. The molecule has 2 aromatic rings. The number of rotatable bonds is 7. The van der Waals surface area contributed by atoms with Gasteiger partial charge in [0.2, 0.25) is 0 Å². The Bertz CT molecular complexity index is 837. The van der Waals surface area contributed by atoms with E-state index in [0.717, 1.165) is 88.2 Å². The molecule has 0 unspecified atom stereocenters. The molecule has 0 saturated carbocycles. The maximum Gasteiger partial charge on any atom is 0.169 e. The quantitative estimate of drug-likeness (QED) is 0.490. The lowest BCUT2D eigenvalue weighted by Crippen LogP contribution is -2.52. The molecule has 2 saturated heterocycles. The van der Waals surface area contributed by atoms with Crippen LogP contribution < -0.4 is 5.32 Å². The van der Waals surface area contributed by atoms with Gasteiger partial charge < -0.3 is 15.0 Å². The molecule has 1 N–H and O–H groups in total. The van der Waals surface area contributed by atoms with Crippen LogP contribution in [0.4, 0.5) is 8.78 Å². The van der Waals surface area contributed by atoms with Gasteiger partial charge in [0.05, 0.1) is 19.3 Å². The Morgan fingerprint density at radius 2 is 1.39 bits per heavy atom. The van der Waals surface area contributed by atoms with Gasteiger partial charge in [-0.1, -0.05) is 24.3 Å². The molecule has 33 heavy (non-hydrogen) atoms. The van der Waals surface area contributed by atoms with E-state index < -0.39 is 0 Å². The molecule has 4 rings (SSSR count). The highest BCUT2D eigenvalue weighted by Gasteiger charge is 2.27. The largest absolute Gasteiger partial charge is 0.379 e. The Labute approximate surface area is 200 Å². The van der Waals surface area contributed by atoms with E-state index in [1.54, 1.807) is 0 Å². The second kappa shape index (κ2) is 11.8. The van der Waals surface area contributed by atoms with Crippen LogP contribution in [-0.4, -0.2) is 85.4 Å². The Hall–Kier alpha value is -2.13. The van der Waals surface area contributed by atoms with Crippen molar-refractivity contribution < 1.29 is 13.5 Å². The van der Waals surface area contributed by atoms with Gasteiger partial charge in [-0.25, -0.2) is 8.78 Å². The first-order valence-corrected chi connectivity index (χ1v) is 12.1. The van der Waals surface area contributed by atoms with Gasteiger partial charge in [0, 0.05) is 45.8 Å². The summed E-state index contributed by atoms with van der Waals surface area (Å²) in [5.74, 6) is -0.516. The van der Waals surface area contributed by atoms with Gasteiger partial charge in [-0.2, -0.15) is 0 Å². The molecule has 2 aromatic carbocycles. The van der Waals surface area contributed by atoms with E-state index in [-0.39, 0.29) is 17.7 Å². The summed E-state index contributed by atoms with van der Waals surface area (Å²) in [6.07, 6.45) is 1.05.